The summed E-state index contributed by atoms with van der Waals surface area (Å²) in [5.41, 5.74) is 1.84. The van der Waals surface area contributed by atoms with E-state index in [9.17, 15) is 4.79 Å². The number of furan rings is 1. The zero-order valence-corrected chi connectivity index (χ0v) is 22.5. The molecule has 0 aromatic carbocycles. The van der Waals surface area contributed by atoms with E-state index in [1.54, 1.807) is 12.6 Å². The van der Waals surface area contributed by atoms with E-state index in [4.69, 9.17) is 9.40 Å². The number of hydrogen-bond donors (Lipinski definition) is 1. The maximum absolute atomic E-state index is 13.2. The van der Waals surface area contributed by atoms with Crippen LogP contribution in [-0.4, -0.2) is 62.5 Å². The Balaban J connectivity index is 1.04. The van der Waals surface area contributed by atoms with Crippen molar-refractivity contribution in [3.05, 3.63) is 36.3 Å². The highest BCUT2D eigenvalue weighted by molar-refractivity contribution is 5.85. The van der Waals surface area contributed by atoms with Gasteiger partial charge in [-0.15, -0.1) is 0 Å². The van der Waals surface area contributed by atoms with Crippen LogP contribution in [0.1, 0.15) is 75.8 Å². The Labute approximate surface area is 225 Å². The Hall–Kier alpha value is -2.94. The van der Waals surface area contributed by atoms with Crippen molar-refractivity contribution in [2.45, 2.75) is 89.8 Å². The van der Waals surface area contributed by atoms with Gasteiger partial charge in [0.25, 0.3) is 0 Å². The van der Waals surface area contributed by atoms with Gasteiger partial charge in [0.05, 0.1) is 18.7 Å². The molecule has 38 heavy (non-hydrogen) atoms. The molecule has 1 saturated heterocycles. The second kappa shape index (κ2) is 11.8. The highest BCUT2D eigenvalue weighted by Crippen LogP contribution is 2.30. The summed E-state index contributed by atoms with van der Waals surface area (Å²) in [5, 5.41) is 3.24. The molecule has 1 aliphatic carbocycles. The van der Waals surface area contributed by atoms with Crippen molar-refractivity contribution >= 4 is 22.9 Å². The normalized spacial score (nSPS) is 20.7. The quantitative estimate of drug-likeness (QED) is 0.421. The summed E-state index contributed by atoms with van der Waals surface area (Å²) in [4.78, 5) is 32.2. The zero-order valence-electron chi connectivity index (χ0n) is 22.5. The molecule has 1 amide bonds. The summed E-state index contributed by atoms with van der Waals surface area (Å²) in [5.74, 6) is 3.18. The van der Waals surface area contributed by atoms with E-state index in [0.717, 1.165) is 80.4 Å². The van der Waals surface area contributed by atoms with E-state index >= 15 is 0 Å². The van der Waals surface area contributed by atoms with Crippen LogP contribution in [-0.2, 0) is 24.3 Å². The van der Waals surface area contributed by atoms with E-state index in [-0.39, 0.29) is 11.8 Å². The molecule has 3 aromatic rings. The number of amides is 1. The number of nitrogens with zero attached hydrogens (tertiary/aromatic N) is 6. The van der Waals surface area contributed by atoms with Gasteiger partial charge in [-0.1, -0.05) is 19.3 Å². The van der Waals surface area contributed by atoms with Crippen LogP contribution in [0.3, 0.4) is 0 Å². The summed E-state index contributed by atoms with van der Waals surface area (Å²) in [6.07, 6.45) is 16.0. The lowest BCUT2D eigenvalue weighted by Gasteiger charge is -2.33. The van der Waals surface area contributed by atoms with Gasteiger partial charge in [0.1, 0.15) is 17.9 Å². The van der Waals surface area contributed by atoms with Crippen molar-refractivity contribution in [3.63, 3.8) is 0 Å². The minimum atomic E-state index is -0.0248. The SMILES string of the molecule is O=C(NCCCN(Cc1ccco1)C1CCCC1)[C@@H]1CCCN(c2ncnc3c2nc2n3CCCCC2)C1. The lowest BCUT2D eigenvalue weighted by atomic mass is 9.97. The molecule has 5 heterocycles. The molecule has 1 saturated carbocycles. The molecule has 2 fully saturated rings. The minimum Gasteiger partial charge on any atom is -0.468 e. The topological polar surface area (TPSA) is 92.3 Å². The smallest absolute Gasteiger partial charge is 0.224 e. The lowest BCUT2D eigenvalue weighted by molar-refractivity contribution is -0.125. The van der Waals surface area contributed by atoms with Gasteiger partial charge in [0.2, 0.25) is 5.91 Å². The first kappa shape index (κ1) is 25.3. The average molecular weight is 520 g/mol. The second-order valence-corrected chi connectivity index (χ2v) is 11.3. The first-order valence-electron chi connectivity index (χ1n) is 14.8. The molecule has 1 N–H and O–H groups in total. The molecule has 2 aliphatic heterocycles. The van der Waals surface area contributed by atoms with Gasteiger partial charge < -0.3 is 19.2 Å². The molecule has 0 radical (unpaired) electrons. The van der Waals surface area contributed by atoms with E-state index in [1.165, 1.54) is 44.9 Å². The predicted molar refractivity (Wildman–Crippen MR) is 147 cm³/mol. The van der Waals surface area contributed by atoms with Crippen LogP contribution in [0.15, 0.2) is 29.1 Å². The number of rotatable bonds is 9. The van der Waals surface area contributed by atoms with Crippen molar-refractivity contribution in [2.24, 2.45) is 5.92 Å². The number of aromatic nitrogens is 4. The first-order valence-corrected chi connectivity index (χ1v) is 14.8. The van der Waals surface area contributed by atoms with Crippen molar-refractivity contribution in [1.29, 1.82) is 0 Å². The van der Waals surface area contributed by atoms with Gasteiger partial charge in [-0.2, -0.15) is 0 Å². The third-order valence-electron chi connectivity index (χ3n) is 8.67. The van der Waals surface area contributed by atoms with E-state index in [1.807, 2.05) is 6.07 Å². The van der Waals surface area contributed by atoms with Crippen LogP contribution in [0, 0.1) is 5.92 Å². The maximum atomic E-state index is 13.2. The van der Waals surface area contributed by atoms with Crippen molar-refractivity contribution < 1.29 is 9.21 Å². The molecule has 9 heteroatoms. The van der Waals surface area contributed by atoms with Crippen LogP contribution in [0.4, 0.5) is 5.82 Å². The molecule has 204 valence electrons. The Bertz CT molecular complexity index is 1200. The summed E-state index contributed by atoms with van der Waals surface area (Å²) >= 11 is 0. The average Bonchev–Trinajstić information content (AvgIpc) is 3.70. The largest absolute Gasteiger partial charge is 0.468 e. The number of carbonyl (C=O) groups is 1. The number of anilines is 1. The van der Waals surface area contributed by atoms with Gasteiger partial charge in [-0.3, -0.25) is 9.69 Å². The van der Waals surface area contributed by atoms with Crippen molar-refractivity contribution in [1.82, 2.24) is 29.7 Å². The molecule has 0 unspecified atom stereocenters. The molecule has 3 aromatic heterocycles. The number of imidazole rings is 1. The maximum Gasteiger partial charge on any atom is 0.224 e. The van der Waals surface area contributed by atoms with Crippen LogP contribution in [0.2, 0.25) is 0 Å². The molecular formula is C29H41N7O2. The monoisotopic (exact) mass is 519 g/mol. The molecule has 9 nitrogen and oxygen atoms in total. The van der Waals surface area contributed by atoms with Crippen LogP contribution < -0.4 is 10.2 Å². The fourth-order valence-electron chi connectivity index (χ4n) is 6.64. The van der Waals surface area contributed by atoms with Crippen LogP contribution in [0.5, 0.6) is 0 Å². The highest BCUT2D eigenvalue weighted by Gasteiger charge is 2.29. The minimum absolute atomic E-state index is 0.0248. The summed E-state index contributed by atoms with van der Waals surface area (Å²) < 4.78 is 7.90. The Morgan fingerprint density at radius 3 is 2.87 bits per heavy atom. The molecule has 0 bridgehead atoms. The number of carbonyl (C=O) groups excluding carboxylic acids is 1. The summed E-state index contributed by atoms with van der Waals surface area (Å²) in [6.45, 7) is 5.11. The Morgan fingerprint density at radius 1 is 1.08 bits per heavy atom. The lowest BCUT2D eigenvalue weighted by Crippen LogP contribution is -2.44. The van der Waals surface area contributed by atoms with Crippen LogP contribution in [0.25, 0.3) is 11.2 Å². The predicted octanol–water partition coefficient (Wildman–Crippen LogP) is 4.31. The van der Waals surface area contributed by atoms with Gasteiger partial charge >= 0.3 is 0 Å². The molecule has 3 aliphatic rings. The standard InChI is InChI=1S/C29H41N7O2/c37-29(30-14-8-16-34(23-10-3-4-11-23)20-24-12-7-18-38-24)22-9-6-15-35(19-22)27-26-28(32-21-31-27)36-17-5-1-2-13-25(36)33-26/h7,12,18,21-23H,1-6,8-11,13-17,19-20H2,(H,30,37)/t22-/m1/s1. The summed E-state index contributed by atoms with van der Waals surface area (Å²) in [6, 6.07) is 4.65. The first-order chi connectivity index (χ1) is 18.8. The van der Waals surface area contributed by atoms with E-state index in [0.29, 0.717) is 19.1 Å². The van der Waals surface area contributed by atoms with E-state index in [2.05, 4.69) is 35.7 Å². The van der Waals surface area contributed by atoms with Crippen molar-refractivity contribution in [2.75, 3.05) is 31.1 Å². The number of hydrogen-bond acceptors (Lipinski definition) is 7. The Kier molecular flexibility index (Phi) is 7.90. The third-order valence-corrected chi connectivity index (χ3v) is 8.67. The number of aryl methyl sites for hydroxylation is 2. The number of fused-ring (bicyclic) bond motifs is 3. The Morgan fingerprint density at radius 2 is 2.00 bits per heavy atom. The van der Waals surface area contributed by atoms with Crippen molar-refractivity contribution in [3.8, 4) is 0 Å². The van der Waals surface area contributed by atoms with E-state index < -0.39 is 0 Å². The van der Waals surface area contributed by atoms with Gasteiger partial charge in [-0.05, 0) is 57.1 Å². The van der Waals surface area contributed by atoms with Gasteiger partial charge in [0.15, 0.2) is 17.0 Å². The summed E-state index contributed by atoms with van der Waals surface area (Å²) in [7, 11) is 0. The van der Waals surface area contributed by atoms with Gasteiger partial charge in [-0.25, -0.2) is 15.0 Å². The number of nitrogens with one attached hydrogen (secondary N) is 1. The van der Waals surface area contributed by atoms with Gasteiger partial charge in [0, 0.05) is 45.2 Å². The molecular weight excluding hydrogens is 478 g/mol. The second-order valence-electron chi connectivity index (χ2n) is 11.3. The zero-order chi connectivity index (χ0) is 25.7. The fraction of sp³-hybridized carbons (Fsp3) is 0.655. The molecule has 0 spiro atoms. The molecule has 6 rings (SSSR count). The third kappa shape index (κ3) is 5.58. The number of piperidine rings is 1. The van der Waals surface area contributed by atoms with Crippen LogP contribution >= 0.6 is 0 Å². The molecule has 1 atom stereocenters. The highest BCUT2D eigenvalue weighted by atomic mass is 16.3. The fourth-order valence-corrected chi connectivity index (χ4v) is 6.64.